The van der Waals surface area contributed by atoms with Crippen LogP contribution in [-0.2, 0) is 4.79 Å². The smallest absolute Gasteiger partial charge is 0.478 e. The highest BCUT2D eigenvalue weighted by Gasteiger charge is 2.38. The summed E-state index contributed by atoms with van der Waals surface area (Å²) in [6.07, 6.45) is 2.95. The number of carbonyl (C=O) groups is 1. The molecule has 0 aliphatic carbocycles. The zero-order valence-corrected chi connectivity index (χ0v) is 18.5. The quantitative estimate of drug-likeness (QED) is 0.318. The number of nitrogens with zero attached hydrogens (tertiary/aromatic N) is 4. The van der Waals surface area contributed by atoms with Gasteiger partial charge in [0.2, 0.25) is 5.88 Å². The first-order chi connectivity index (χ1) is 17.2. The molecule has 0 aliphatic rings. The van der Waals surface area contributed by atoms with Crippen LogP contribution in [0, 0.1) is 5.82 Å². The Morgan fingerprint density at radius 3 is 2.50 bits per heavy atom. The maximum absolute atomic E-state index is 15.1. The third-order valence-corrected chi connectivity index (χ3v) is 4.98. The highest BCUT2D eigenvalue weighted by atomic mass is 19.4. The molecule has 8 nitrogen and oxygen atoms in total. The van der Waals surface area contributed by atoms with Gasteiger partial charge in [0.1, 0.15) is 11.5 Å². The Hall–Kier alpha value is -4.61. The summed E-state index contributed by atoms with van der Waals surface area (Å²) in [5.74, 6) is -2.81. The van der Waals surface area contributed by atoms with E-state index in [1.165, 1.54) is 6.20 Å². The van der Waals surface area contributed by atoms with Crippen molar-refractivity contribution in [1.29, 1.82) is 0 Å². The highest BCUT2D eigenvalue weighted by Crippen LogP contribution is 2.39. The van der Waals surface area contributed by atoms with Gasteiger partial charge in [-0.3, -0.25) is 9.97 Å². The van der Waals surface area contributed by atoms with Crippen LogP contribution < -0.4 is 4.74 Å². The fourth-order valence-corrected chi connectivity index (χ4v) is 3.50. The standard InChI is InChI=1S/C22H16FN5O.C2HF3O2/c1-2-29-22-14(6-4-8-25-22)19-16(23)11-27-21-20(19)15-9-17(26-12-18(15)28-21)13-5-3-7-24-10-13;3-2(4,5)1(6)7/h3-12H,2H2,1H3,(H,27,28);(H,6,7). The molecule has 184 valence electrons. The number of hydrogen-bond donors (Lipinski definition) is 2. The van der Waals surface area contributed by atoms with Crippen molar-refractivity contribution >= 4 is 27.9 Å². The summed E-state index contributed by atoms with van der Waals surface area (Å²) in [4.78, 5) is 29.3. The lowest BCUT2D eigenvalue weighted by molar-refractivity contribution is -0.192. The Labute approximate surface area is 200 Å². The van der Waals surface area contributed by atoms with Crippen LogP contribution >= 0.6 is 0 Å². The molecule has 0 atom stereocenters. The topological polar surface area (TPSA) is 114 Å². The van der Waals surface area contributed by atoms with E-state index in [-0.39, 0.29) is 0 Å². The summed E-state index contributed by atoms with van der Waals surface area (Å²) in [6, 6.07) is 9.28. The van der Waals surface area contributed by atoms with Crippen LogP contribution in [0.4, 0.5) is 17.6 Å². The van der Waals surface area contributed by atoms with Crippen molar-refractivity contribution in [3.05, 3.63) is 67.1 Å². The second-order valence-electron chi connectivity index (χ2n) is 7.28. The van der Waals surface area contributed by atoms with E-state index in [1.54, 1.807) is 36.9 Å². The zero-order chi connectivity index (χ0) is 25.9. The molecular formula is C24H17F4N5O3. The number of rotatable bonds is 4. The minimum Gasteiger partial charge on any atom is -0.478 e. The van der Waals surface area contributed by atoms with Gasteiger partial charge in [0.15, 0.2) is 0 Å². The maximum atomic E-state index is 15.1. The summed E-state index contributed by atoms with van der Waals surface area (Å²) in [7, 11) is 0. The summed E-state index contributed by atoms with van der Waals surface area (Å²) < 4.78 is 52.5. The van der Waals surface area contributed by atoms with Gasteiger partial charge in [-0.15, -0.1) is 0 Å². The lowest BCUT2D eigenvalue weighted by Gasteiger charge is -2.11. The molecule has 0 radical (unpaired) electrons. The van der Waals surface area contributed by atoms with Crippen molar-refractivity contribution in [2.24, 2.45) is 0 Å². The number of alkyl halides is 3. The van der Waals surface area contributed by atoms with Crippen LogP contribution in [0.2, 0.25) is 0 Å². The largest absolute Gasteiger partial charge is 0.490 e. The van der Waals surface area contributed by atoms with Crippen LogP contribution in [0.3, 0.4) is 0 Å². The lowest BCUT2D eigenvalue weighted by Crippen LogP contribution is -2.21. The van der Waals surface area contributed by atoms with Gasteiger partial charge >= 0.3 is 12.1 Å². The molecule has 2 N–H and O–H groups in total. The SMILES string of the molecule is CCOc1ncccc1-c1c(F)cnc2[nH]c3cnc(-c4cccnc4)cc3c12.O=C(O)C(F)(F)F. The van der Waals surface area contributed by atoms with Crippen molar-refractivity contribution in [1.82, 2.24) is 24.9 Å². The number of H-pyrrole nitrogens is 1. The number of ether oxygens (including phenoxy) is 1. The Balaban J connectivity index is 0.000000384. The van der Waals surface area contributed by atoms with Crippen molar-refractivity contribution in [3.63, 3.8) is 0 Å². The van der Waals surface area contributed by atoms with E-state index in [4.69, 9.17) is 14.6 Å². The van der Waals surface area contributed by atoms with Crippen molar-refractivity contribution in [2.45, 2.75) is 13.1 Å². The molecule has 5 aromatic heterocycles. The molecule has 12 heteroatoms. The Kier molecular flexibility index (Phi) is 6.77. The van der Waals surface area contributed by atoms with Crippen molar-refractivity contribution < 1.29 is 32.2 Å². The average molecular weight is 499 g/mol. The average Bonchev–Trinajstić information content (AvgIpc) is 3.23. The number of pyridine rings is 4. The number of hydrogen-bond acceptors (Lipinski definition) is 6. The van der Waals surface area contributed by atoms with Crippen LogP contribution in [0.5, 0.6) is 5.88 Å². The first kappa shape index (κ1) is 24.5. The van der Waals surface area contributed by atoms with Crippen LogP contribution in [0.15, 0.2) is 61.3 Å². The zero-order valence-electron chi connectivity index (χ0n) is 18.5. The summed E-state index contributed by atoms with van der Waals surface area (Å²) >= 11 is 0. The highest BCUT2D eigenvalue weighted by molar-refractivity contribution is 6.13. The number of fused-ring (bicyclic) bond motifs is 3. The fourth-order valence-electron chi connectivity index (χ4n) is 3.50. The molecule has 0 fully saturated rings. The monoisotopic (exact) mass is 499 g/mol. The number of aromatic nitrogens is 5. The normalized spacial score (nSPS) is 11.2. The molecule has 0 spiro atoms. The molecule has 0 amide bonds. The van der Waals surface area contributed by atoms with Gasteiger partial charge in [0.05, 0.1) is 30.2 Å². The van der Waals surface area contributed by atoms with Crippen LogP contribution in [0.25, 0.3) is 44.3 Å². The molecule has 0 aliphatic heterocycles. The Morgan fingerprint density at radius 2 is 1.83 bits per heavy atom. The van der Waals surface area contributed by atoms with Crippen molar-refractivity contribution in [2.75, 3.05) is 6.61 Å². The molecular weight excluding hydrogens is 482 g/mol. The Bertz CT molecular complexity index is 1540. The molecule has 5 rings (SSSR count). The molecule has 0 saturated carbocycles. The predicted molar refractivity (Wildman–Crippen MR) is 123 cm³/mol. The third-order valence-electron chi connectivity index (χ3n) is 4.98. The van der Waals surface area contributed by atoms with Crippen LogP contribution in [-0.4, -0.2) is 48.8 Å². The van der Waals surface area contributed by atoms with Gasteiger partial charge in [-0.2, -0.15) is 13.2 Å². The first-order valence-corrected chi connectivity index (χ1v) is 10.4. The van der Waals surface area contributed by atoms with Gasteiger partial charge in [-0.25, -0.2) is 19.2 Å². The second kappa shape index (κ2) is 9.94. The minimum atomic E-state index is -5.08. The Morgan fingerprint density at radius 1 is 1.08 bits per heavy atom. The van der Waals surface area contributed by atoms with Gasteiger partial charge in [0, 0.05) is 46.1 Å². The summed E-state index contributed by atoms with van der Waals surface area (Å²) in [6.45, 7) is 2.30. The summed E-state index contributed by atoms with van der Waals surface area (Å²) in [5, 5.41) is 8.61. The fraction of sp³-hybridized carbons (Fsp3) is 0.125. The van der Waals surface area contributed by atoms with E-state index in [0.29, 0.717) is 34.6 Å². The number of carboxylic acids is 1. The molecule has 5 heterocycles. The van der Waals surface area contributed by atoms with E-state index in [9.17, 15) is 13.2 Å². The van der Waals surface area contributed by atoms with Gasteiger partial charge < -0.3 is 14.8 Å². The molecule has 0 unspecified atom stereocenters. The summed E-state index contributed by atoms with van der Waals surface area (Å²) in [5.41, 5.74) is 3.96. The van der Waals surface area contributed by atoms with E-state index < -0.39 is 18.0 Å². The number of aromatic amines is 1. The number of halogens is 4. The maximum Gasteiger partial charge on any atom is 0.490 e. The number of carboxylic acid groups (broad SMARTS) is 1. The minimum absolute atomic E-state index is 0.386. The molecule has 0 saturated heterocycles. The molecule has 5 aromatic rings. The van der Waals surface area contributed by atoms with Crippen LogP contribution in [0.1, 0.15) is 6.92 Å². The van der Waals surface area contributed by atoms with E-state index in [2.05, 4.69) is 24.9 Å². The van der Waals surface area contributed by atoms with Gasteiger partial charge in [-0.1, -0.05) is 0 Å². The molecule has 0 aromatic carbocycles. The van der Waals surface area contributed by atoms with E-state index in [0.717, 1.165) is 22.2 Å². The lowest BCUT2D eigenvalue weighted by atomic mass is 10.0. The molecule has 0 bridgehead atoms. The molecule has 36 heavy (non-hydrogen) atoms. The second-order valence-corrected chi connectivity index (χ2v) is 7.28. The van der Waals surface area contributed by atoms with E-state index >= 15 is 4.39 Å². The predicted octanol–water partition coefficient (Wildman–Crippen LogP) is 5.41. The van der Waals surface area contributed by atoms with Crippen molar-refractivity contribution in [3.8, 4) is 28.3 Å². The van der Waals surface area contributed by atoms with E-state index in [1.807, 2.05) is 25.1 Å². The third kappa shape index (κ3) is 4.92. The van der Waals surface area contributed by atoms with Gasteiger partial charge in [0.25, 0.3) is 0 Å². The number of nitrogens with one attached hydrogen (secondary N) is 1. The number of aliphatic carboxylic acids is 1. The van der Waals surface area contributed by atoms with Gasteiger partial charge in [-0.05, 0) is 37.3 Å². The first-order valence-electron chi connectivity index (χ1n) is 10.4.